The quantitative estimate of drug-likeness (QED) is 0.190. The Bertz CT molecular complexity index is 816. The molecule has 0 N–H and O–H groups in total. The van der Waals surface area contributed by atoms with Gasteiger partial charge in [-0.25, -0.2) is 0 Å². The van der Waals surface area contributed by atoms with E-state index in [2.05, 4.69) is 102 Å². The van der Waals surface area contributed by atoms with Crippen LogP contribution in [-0.4, -0.2) is 32.3 Å². The fraction of sp³-hybridized carbons (Fsp3) is 0.824. The molecule has 2 aliphatic rings. The van der Waals surface area contributed by atoms with Crippen molar-refractivity contribution in [3.05, 3.63) is 12.1 Å². The van der Waals surface area contributed by atoms with Crippen LogP contribution < -0.4 is 20.7 Å². The van der Waals surface area contributed by atoms with E-state index in [9.17, 15) is 0 Å². The molecule has 2 aliphatic heterocycles. The molecule has 0 saturated heterocycles. The van der Waals surface area contributed by atoms with Gasteiger partial charge in [-0.3, -0.25) is 0 Å². The molecule has 2 unspecified atom stereocenters. The summed E-state index contributed by atoms with van der Waals surface area (Å²) in [4.78, 5) is 0. The third kappa shape index (κ3) is 5.02. The molecule has 0 fully saturated rings. The van der Waals surface area contributed by atoms with E-state index in [0.29, 0.717) is 0 Å². The Balaban J connectivity index is 2.45. The maximum absolute atomic E-state index is 3.09. The predicted molar refractivity (Wildman–Crippen MR) is 188 cm³/mol. The summed E-state index contributed by atoms with van der Waals surface area (Å²) >= 11 is 0. The number of benzene rings is 1. The maximum Gasteiger partial charge on any atom is 0.0888 e. The van der Waals surface area contributed by atoms with Crippen molar-refractivity contribution in [2.24, 2.45) is 0 Å². The normalized spacial score (nSPS) is 24.6. The van der Waals surface area contributed by atoms with E-state index in [1.165, 1.54) is 86.9 Å². The molecule has 1 aromatic rings. The average Bonchev–Trinajstić information content (AvgIpc) is 2.97. The van der Waals surface area contributed by atoms with Gasteiger partial charge in [-0.2, -0.15) is 0 Å². The Morgan fingerprint density at radius 2 is 0.789 bits per heavy atom. The van der Waals surface area contributed by atoms with Crippen LogP contribution in [-0.2, 0) is 0 Å². The zero-order chi connectivity index (χ0) is 28.2. The monoisotopic (exact) mass is 586 g/mol. The Kier molecular flexibility index (Phi) is 11.5. The van der Waals surface area contributed by atoms with Gasteiger partial charge in [-0.15, -0.1) is 0 Å². The fourth-order valence-electron chi connectivity index (χ4n) is 10.2. The minimum atomic E-state index is -1.52. The summed E-state index contributed by atoms with van der Waals surface area (Å²) in [5, 5.41) is 8.22. The minimum Gasteiger partial charge on any atom is -0.0675 e. The molecule has 38 heavy (non-hydrogen) atoms. The van der Waals surface area contributed by atoms with E-state index in [0.717, 1.165) is 11.1 Å². The number of rotatable bonds is 14. The van der Waals surface area contributed by atoms with Crippen LogP contribution >= 0.6 is 0 Å². The zero-order valence-electron chi connectivity index (χ0n) is 27.6. The second-order valence-corrected chi connectivity index (χ2v) is 33.7. The number of hydrogen-bond donors (Lipinski definition) is 0. The molecule has 0 spiro atoms. The third-order valence-electron chi connectivity index (χ3n) is 13.3. The molecule has 0 aromatic heterocycles. The maximum atomic E-state index is 3.09. The topological polar surface area (TPSA) is 0 Å². The minimum absolute atomic E-state index is 1.05. The molecule has 3 rings (SSSR count). The standard InChI is InChI=1S/C34H66Si4/c1-11-21-23-29-27-35(13-3,14-4)31-26-34-32(25-33(31)37(29,17-7)18-8)36(15-5,16-6)28-30(24-22-12-2)38(34,19-9)20-10/h25-26,29-30H,11-24,27-28H2,1-10H3. The summed E-state index contributed by atoms with van der Waals surface area (Å²) in [5.41, 5.74) is 2.10. The van der Waals surface area contributed by atoms with Gasteiger partial charge < -0.3 is 0 Å². The highest BCUT2D eigenvalue weighted by molar-refractivity contribution is 7.09. The molecular formula is C34H66Si4. The van der Waals surface area contributed by atoms with Crippen LogP contribution in [0.25, 0.3) is 0 Å². The summed E-state index contributed by atoms with van der Waals surface area (Å²) in [6, 6.07) is 21.3. The smallest absolute Gasteiger partial charge is 0.0675 e. The van der Waals surface area contributed by atoms with E-state index in [4.69, 9.17) is 0 Å². The van der Waals surface area contributed by atoms with Gasteiger partial charge in [0.25, 0.3) is 0 Å². The SMILES string of the molecule is CCCCC1C[Si](CC)(CC)c2cc3c(cc2[Si]1(CC)CC)[Si](CC)(CC)CC(CCCC)[Si]3(CC)CC. The predicted octanol–water partition coefficient (Wildman–Crippen LogP) is 9.62. The van der Waals surface area contributed by atoms with Crippen molar-refractivity contribution < 1.29 is 0 Å². The number of fused-ring (bicyclic) bond motifs is 2. The molecule has 0 nitrogen and oxygen atoms in total. The van der Waals surface area contributed by atoms with Crippen LogP contribution in [0.1, 0.15) is 108 Å². The third-order valence-corrected chi connectivity index (χ3v) is 37.8. The lowest BCUT2D eigenvalue weighted by molar-refractivity contribution is 0.672. The van der Waals surface area contributed by atoms with Crippen molar-refractivity contribution >= 4 is 53.0 Å². The molecule has 2 atom stereocenters. The molecule has 0 amide bonds. The summed E-state index contributed by atoms with van der Waals surface area (Å²) in [7, 11) is -5.99. The van der Waals surface area contributed by atoms with E-state index >= 15 is 0 Å². The molecule has 0 radical (unpaired) electrons. The van der Waals surface area contributed by atoms with Gasteiger partial charge in [-0.05, 0) is 11.1 Å². The van der Waals surface area contributed by atoms with Crippen LogP contribution in [0, 0.1) is 0 Å². The molecule has 218 valence electrons. The molecule has 0 aliphatic carbocycles. The van der Waals surface area contributed by atoms with Gasteiger partial charge in [0.05, 0.1) is 32.3 Å². The fourth-order valence-corrected chi connectivity index (χ4v) is 37.0. The highest BCUT2D eigenvalue weighted by atomic mass is 28.3. The van der Waals surface area contributed by atoms with Crippen molar-refractivity contribution in [3.8, 4) is 0 Å². The number of unbranched alkanes of at least 4 members (excludes halogenated alkanes) is 2. The van der Waals surface area contributed by atoms with Crippen LogP contribution in [0.4, 0.5) is 0 Å². The summed E-state index contributed by atoms with van der Waals surface area (Å²) in [6.07, 6.45) is 8.73. The van der Waals surface area contributed by atoms with Gasteiger partial charge in [0.15, 0.2) is 0 Å². The molecular weight excluding hydrogens is 521 g/mol. The first-order valence-corrected chi connectivity index (χ1v) is 27.7. The van der Waals surface area contributed by atoms with Gasteiger partial charge in [0.1, 0.15) is 0 Å². The lowest BCUT2D eigenvalue weighted by Gasteiger charge is -2.55. The van der Waals surface area contributed by atoms with E-state index in [1.807, 2.05) is 0 Å². The first kappa shape index (κ1) is 32.6. The van der Waals surface area contributed by atoms with Crippen LogP contribution in [0.15, 0.2) is 12.1 Å². The first-order valence-electron chi connectivity index (χ1n) is 17.5. The van der Waals surface area contributed by atoms with E-state index < -0.39 is 32.3 Å². The largest absolute Gasteiger partial charge is 0.0888 e. The summed E-state index contributed by atoms with van der Waals surface area (Å²) in [6.45, 7) is 25.7. The second kappa shape index (κ2) is 13.4. The lowest BCUT2D eigenvalue weighted by Crippen LogP contribution is -2.76. The van der Waals surface area contributed by atoms with Gasteiger partial charge >= 0.3 is 0 Å². The van der Waals surface area contributed by atoms with Crippen molar-refractivity contribution in [2.75, 3.05) is 0 Å². The molecule has 4 heteroatoms. The Hall–Kier alpha value is 0.0875. The summed E-state index contributed by atoms with van der Waals surface area (Å²) in [5.74, 6) is 0. The average molecular weight is 587 g/mol. The highest BCUT2D eigenvalue weighted by Crippen LogP contribution is 2.48. The molecule has 1 aromatic carbocycles. The van der Waals surface area contributed by atoms with Crippen LogP contribution in [0.3, 0.4) is 0 Å². The van der Waals surface area contributed by atoms with Crippen molar-refractivity contribution in [1.82, 2.24) is 0 Å². The molecule has 2 heterocycles. The Morgan fingerprint density at radius 3 is 1.03 bits per heavy atom. The molecule has 0 bridgehead atoms. The first-order chi connectivity index (χ1) is 18.3. The van der Waals surface area contributed by atoms with Crippen LogP contribution in [0.5, 0.6) is 0 Å². The zero-order valence-corrected chi connectivity index (χ0v) is 31.6. The van der Waals surface area contributed by atoms with Crippen molar-refractivity contribution in [2.45, 2.75) is 179 Å². The van der Waals surface area contributed by atoms with E-state index in [-0.39, 0.29) is 0 Å². The Morgan fingerprint density at radius 1 is 0.474 bits per heavy atom. The van der Waals surface area contributed by atoms with Gasteiger partial charge in [0, 0.05) is 0 Å². The highest BCUT2D eigenvalue weighted by Gasteiger charge is 2.56. The van der Waals surface area contributed by atoms with Crippen LogP contribution in [0.2, 0.25) is 71.5 Å². The van der Waals surface area contributed by atoms with Crippen molar-refractivity contribution in [1.29, 1.82) is 0 Å². The Labute approximate surface area is 243 Å². The van der Waals surface area contributed by atoms with Gasteiger partial charge in [-0.1, -0.05) is 201 Å². The van der Waals surface area contributed by atoms with Gasteiger partial charge in [0.2, 0.25) is 0 Å². The molecule has 0 saturated carbocycles. The summed E-state index contributed by atoms with van der Waals surface area (Å²) < 4.78 is 0. The second-order valence-electron chi connectivity index (χ2n) is 13.7. The van der Waals surface area contributed by atoms with E-state index in [1.54, 1.807) is 12.1 Å². The van der Waals surface area contributed by atoms with Crippen molar-refractivity contribution in [3.63, 3.8) is 0 Å². The lowest BCUT2D eigenvalue weighted by atomic mass is 10.2. The number of hydrogen-bond acceptors (Lipinski definition) is 0.